The molecule has 4 heteroatoms. The van der Waals surface area contributed by atoms with E-state index in [-0.39, 0.29) is 11.9 Å². The van der Waals surface area contributed by atoms with Gasteiger partial charge in [0.25, 0.3) is 5.91 Å². The third-order valence-electron chi connectivity index (χ3n) is 6.15. The molecule has 3 heterocycles. The van der Waals surface area contributed by atoms with Gasteiger partial charge in [0.05, 0.1) is 17.8 Å². The highest BCUT2D eigenvalue weighted by atomic mass is 16.3. The van der Waals surface area contributed by atoms with Gasteiger partial charge < -0.3 is 9.32 Å². The first-order valence-corrected chi connectivity index (χ1v) is 10.5. The molecule has 0 saturated carbocycles. The normalized spacial score (nSPS) is 15.7. The molecule has 0 spiro atoms. The number of amides is 1. The van der Waals surface area contributed by atoms with Gasteiger partial charge in [-0.25, -0.2) is 0 Å². The molecule has 1 atom stereocenters. The van der Waals surface area contributed by atoms with E-state index in [4.69, 9.17) is 9.40 Å². The summed E-state index contributed by atoms with van der Waals surface area (Å²) in [6.07, 6.45) is 2.38. The first-order valence-electron chi connectivity index (χ1n) is 10.5. The highest BCUT2D eigenvalue weighted by molar-refractivity contribution is 6.00. The molecule has 1 unspecified atom stereocenters. The number of carbonyl (C=O) groups excluding carboxylic acids is 1. The van der Waals surface area contributed by atoms with Crippen molar-refractivity contribution in [1.82, 2.24) is 9.88 Å². The van der Waals surface area contributed by atoms with Gasteiger partial charge in [0.1, 0.15) is 5.76 Å². The van der Waals surface area contributed by atoms with E-state index in [1.165, 1.54) is 0 Å². The lowest BCUT2D eigenvalue weighted by molar-refractivity contribution is 0.0752. The van der Waals surface area contributed by atoms with Crippen molar-refractivity contribution in [2.45, 2.75) is 12.5 Å². The van der Waals surface area contributed by atoms with Gasteiger partial charge in [0.15, 0.2) is 0 Å². The molecule has 3 aliphatic rings. The van der Waals surface area contributed by atoms with Gasteiger partial charge in [-0.2, -0.15) is 0 Å². The molecule has 1 aromatic heterocycles. The smallest absolute Gasteiger partial charge is 0.255 e. The van der Waals surface area contributed by atoms with Crippen molar-refractivity contribution in [2.75, 3.05) is 6.54 Å². The summed E-state index contributed by atoms with van der Waals surface area (Å²) in [6, 6.07) is 28.1. The third-order valence-corrected chi connectivity index (χ3v) is 6.15. The number of carbonyl (C=O) groups is 1. The Labute approximate surface area is 180 Å². The summed E-state index contributed by atoms with van der Waals surface area (Å²) < 4.78 is 5.66. The summed E-state index contributed by atoms with van der Waals surface area (Å²) >= 11 is 0. The zero-order valence-electron chi connectivity index (χ0n) is 16.9. The second-order valence-electron chi connectivity index (χ2n) is 7.91. The van der Waals surface area contributed by atoms with Crippen LogP contribution in [0.4, 0.5) is 0 Å². The number of nitrogens with zero attached hydrogens (tertiary/aromatic N) is 2. The van der Waals surface area contributed by atoms with Crippen LogP contribution in [0, 0.1) is 0 Å². The molecule has 1 amide bonds. The lowest BCUT2D eigenvalue weighted by Crippen LogP contribution is -2.31. The molecule has 0 saturated heterocycles. The Balaban J connectivity index is 1.37. The van der Waals surface area contributed by atoms with Crippen molar-refractivity contribution in [3.63, 3.8) is 0 Å². The minimum absolute atomic E-state index is 0.0728. The Morgan fingerprint density at radius 3 is 2.58 bits per heavy atom. The largest absolute Gasteiger partial charge is 0.464 e. The fourth-order valence-electron chi connectivity index (χ4n) is 4.67. The minimum atomic E-state index is -0.126. The van der Waals surface area contributed by atoms with Crippen molar-refractivity contribution in [3.05, 3.63) is 114 Å². The molecule has 1 aliphatic carbocycles. The van der Waals surface area contributed by atoms with Gasteiger partial charge in [0, 0.05) is 35.2 Å². The minimum Gasteiger partial charge on any atom is -0.464 e. The first kappa shape index (κ1) is 17.9. The zero-order valence-corrected chi connectivity index (χ0v) is 16.9. The van der Waals surface area contributed by atoms with E-state index in [1.54, 1.807) is 6.26 Å². The molecule has 3 aromatic rings. The molecular formula is C27H20N2O2. The highest BCUT2D eigenvalue weighted by Gasteiger charge is 2.38. The quantitative estimate of drug-likeness (QED) is 0.385. The summed E-state index contributed by atoms with van der Waals surface area (Å²) in [5.74, 6) is 0.911. The Hall–Kier alpha value is -3.92. The van der Waals surface area contributed by atoms with E-state index in [0.717, 1.165) is 44.6 Å². The van der Waals surface area contributed by atoms with Crippen molar-refractivity contribution in [1.29, 1.82) is 0 Å². The number of pyridine rings is 1. The van der Waals surface area contributed by atoms with E-state index in [0.29, 0.717) is 13.0 Å². The summed E-state index contributed by atoms with van der Waals surface area (Å²) in [4.78, 5) is 20.1. The number of hydrogen-bond donors (Lipinski definition) is 0. The molecule has 0 bridgehead atoms. The van der Waals surface area contributed by atoms with Crippen LogP contribution >= 0.6 is 0 Å². The van der Waals surface area contributed by atoms with Crippen LogP contribution in [0.1, 0.15) is 33.2 Å². The summed E-state index contributed by atoms with van der Waals surface area (Å²) in [7, 11) is 0. The standard InChI is InChI=1S/C27H20N2O2/c30-27-23-8-3-2-7-21(23)26(22-13-14-25-20(22)9-5-17-31-25)29(27)16-15-19-12-11-18-6-1-4-10-24(18)28-19/h1-14,17,26H,15-16H2. The Morgan fingerprint density at radius 1 is 0.806 bits per heavy atom. The molecule has 31 heavy (non-hydrogen) atoms. The van der Waals surface area contributed by atoms with Crippen LogP contribution in [-0.4, -0.2) is 22.3 Å². The highest BCUT2D eigenvalue weighted by Crippen LogP contribution is 2.43. The Morgan fingerprint density at radius 2 is 1.61 bits per heavy atom. The van der Waals surface area contributed by atoms with Crippen LogP contribution in [-0.2, 0) is 6.42 Å². The average molecular weight is 404 g/mol. The maximum Gasteiger partial charge on any atom is 0.255 e. The van der Waals surface area contributed by atoms with Gasteiger partial charge in [0.2, 0.25) is 0 Å². The number of rotatable bonds is 4. The number of aromatic nitrogens is 1. The number of fused-ring (bicyclic) bond motifs is 3. The second kappa shape index (κ2) is 7.10. The average Bonchev–Trinajstić information content (AvgIpc) is 3.36. The van der Waals surface area contributed by atoms with Crippen LogP contribution in [0.15, 0.2) is 95.6 Å². The molecule has 4 nitrogen and oxygen atoms in total. The number of benzene rings is 2. The maximum absolute atomic E-state index is 13.4. The molecule has 2 aromatic carbocycles. The van der Waals surface area contributed by atoms with Crippen molar-refractivity contribution >= 4 is 16.8 Å². The van der Waals surface area contributed by atoms with E-state index < -0.39 is 0 Å². The summed E-state index contributed by atoms with van der Waals surface area (Å²) in [5.41, 5.74) is 5.95. The zero-order chi connectivity index (χ0) is 20.8. The molecule has 0 fully saturated rings. The lowest BCUT2D eigenvalue weighted by Gasteiger charge is -2.26. The van der Waals surface area contributed by atoms with Gasteiger partial charge in [-0.1, -0.05) is 48.5 Å². The van der Waals surface area contributed by atoms with Gasteiger partial charge in [-0.3, -0.25) is 9.78 Å². The monoisotopic (exact) mass is 404 g/mol. The van der Waals surface area contributed by atoms with Gasteiger partial charge in [-0.05, 0) is 47.5 Å². The second-order valence-corrected chi connectivity index (χ2v) is 7.91. The van der Waals surface area contributed by atoms with E-state index >= 15 is 0 Å². The maximum atomic E-state index is 13.4. The van der Waals surface area contributed by atoms with Crippen molar-refractivity contribution < 1.29 is 9.21 Å². The van der Waals surface area contributed by atoms with Gasteiger partial charge >= 0.3 is 0 Å². The van der Waals surface area contributed by atoms with Crippen molar-refractivity contribution in [2.24, 2.45) is 0 Å². The summed E-state index contributed by atoms with van der Waals surface area (Å²) in [5, 5.41) is 1.13. The van der Waals surface area contributed by atoms with E-state index in [9.17, 15) is 4.79 Å². The molecular weight excluding hydrogens is 384 g/mol. The molecule has 2 aliphatic heterocycles. The topological polar surface area (TPSA) is 46.3 Å². The molecule has 0 N–H and O–H groups in total. The Bertz CT molecular complexity index is 1390. The lowest BCUT2D eigenvalue weighted by atomic mass is 9.96. The SMILES string of the molecule is O=C1c2ccccc2C(c2ccc3occcc2-3)N1CCc1ccc2ccccc2n1. The summed E-state index contributed by atoms with van der Waals surface area (Å²) in [6.45, 7) is 0.597. The van der Waals surface area contributed by atoms with Crippen LogP contribution in [0.3, 0.4) is 0 Å². The third kappa shape index (κ3) is 2.91. The molecule has 6 rings (SSSR count). The van der Waals surface area contributed by atoms with E-state index in [1.807, 2.05) is 53.4 Å². The molecule has 0 radical (unpaired) electrons. The first-order chi connectivity index (χ1) is 15.3. The number of para-hydroxylation sites is 1. The predicted octanol–water partition coefficient (Wildman–Crippen LogP) is 5.72. The molecule has 150 valence electrons. The van der Waals surface area contributed by atoms with Crippen molar-refractivity contribution in [3.8, 4) is 11.3 Å². The van der Waals surface area contributed by atoms with Crippen LogP contribution in [0.5, 0.6) is 0 Å². The van der Waals surface area contributed by atoms with Crippen LogP contribution < -0.4 is 0 Å². The fraction of sp³-hybridized carbons (Fsp3) is 0.111. The van der Waals surface area contributed by atoms with Gasteiger partial charge in [-0.15, -0.1) is 0 Å². The predicted molar refractivity (Wildman–Crippen MR) is 120 cm³/mol. The van der Waals surface area contributed by atoms with Crippen LogP contribution in [0.25, 0.3) is 22.2 Å². The number of hydrogen-bond acceptors (Lipinski definition) is 3. The van der Waals surface area contributed by atoms with Crippen LogP contribution in [0.2, 0.25) is 0 Å². The van der Waals surface area contributed by atoms with E-state index in [2.05, 4.69) is 36.4 Å². The fourth-order valence-corrected chi connectivity index (χ4v) is 4.67. The Kier molecular flexibility index (Phi) is 4.10.